The molecule has 0 bridgehead atoms. The maximum atomic E-state index is 13.7. The Hall–Kier alpha value is -4.58. The first-order valence-corrected chi connectivity index (χ1v) is 13.5. The van der Waals surface area contributed by atoms with Crippen LogP contribution in [-0.4, -0.2) is 76.4 Å². The molecule has 2 N–H and O–H groups in total. The zero-order valence-corrected chi connectivity index (χ0v) is 22.2. The van der Waals surface area contributed by atoms with E-state index in [-0.39, 0.29) is 50.3 Å². The summed E-state index contributed by atoms with van der Waals surface area (Å²) in [5.41, 5.74) is 1.02. The lowest BCUT2D eigenvalue weighted by Gasteiger charge is -2.43. The Balaban J connectivity index is 1.28. The number of nitrogens with zero attached hydrogens (tertiary/aromatic N) is 2. The van der Waals surface area contributed by atoms with Gasteiger partial charge in [0.15, 0.2) is 0 Å². The molecule has 214 valence electrons. The molecule has 12 heteroatoms. The van der Waals surface area contributed by atoms with E-state index in [4.69, 9.17) is 9.47 Å². The minimum absolute atomic E-state index is 0.0207. The van der Waals surface area contributed by atoms with Crippen molar-refractivity contribution in [2.75, 3.05) is 6.54 Å². The molecule has 4 atom stereocenters. The fourth-order valence-electron chi connectivity index (χ4n) is 5.19. The van der Waals surface area contributed by atoms with E-state index in [0.717, 1.165) is 10.6 Å². The van der Waals surface area contributed by atoms with Crippen LogP contribution in [0.5, 0.6) is 0 Å². The Morgan fingerprint density at radius 1 is 0.927 bits per heavy atom. The van der Waals surface area contributed by atoms with E-state index in [0.29, 0.717) is 6.42 Å². The van der Waals surface area contributed by atoms with Gasteiger partial charge in [-0.1, -0.05) is 60.7 Å². The Morgan fingerprint density at radius 3 is 2.37 bits per heavy atom. The number of Topliss-reactive ketones (excluding diaryl/α,β-unsaturated/α-hetero) is 1. The van der Waals surface area contributed by atoms with Gasteiger partial charge in [0, 0.05) is 18.5 Å². The van der Waals surface area contributed by atoms with E-state index in [2.05, 4.69) is 10.6 Å². The molecule has 0 saturated carbocycles. The highest BCUT2D eigenvalue weighted by atomic mass is 16.7. The number of hydrogen-bond donors (Lipinski definition) is 2. The molecule has 0 aliphatic carbocycles. The van der Waals surface area contributed by atoms with Crippen molar-refractivity contribution < 1.29 is 38.2 Å². The molecule has 2 aromatic carbocycles. The summed E-state index contributed by atoms with van der Waals surface area (Å²) in [7, 11) is 0. The number of rotatable bonds is 8. The molecule has 0 spiro atoms. The molecule has 12 nitrogen and oxygen atoms in total. The van der Waals surface area contributed by atoms with Crippen LogP contribution in [0.15, 0.2) is 60.7 Å². The molecule has 2 aromatic rings. The summed E-state index contributed by atoms with van der Waals surface area (Å²) in [6, 6.07) is 14.1. The smallest absolute Gasteiger partial charge is 0.310 e. The number of ether oxygens (including phenoxy) is 2. The number of esters is 1. The number of nitrogens with one attached hydrogen (secondary N) is 2. The van der Waals surface area contributed by atoms with E-state index < -0.39 is 53.9 Å². The Bertz CT molecular complexity index is 1330. The molecule has 3 heterocycles. The van der Waals surface area contributed by atoms with Crippen LogP contribution in [0.25, 0.3) is 0 Å². The number of fused-ring (bicyclic) bond motifs is 1. The Morgan fingerprint density at radius 2 is 1.63 bits per heavy atom. The second-order valence-corrected chi connectivity index (χ2v) is 10.1. The van der Waals surface area contributed by atoms with Gasteiger partial charge >= 0.3 is 5.97 Å². The van der Waals surface area contributed by atoms with Gasteiger partial charge in [0.05, 0.1) is 13.0 Å². The third-order valence-corrected chi connectivity index (χ3v) is 7.26. The van der Waals surface area contributed by atoms with Crippen LogP contribution < -0.4 is 10.6 Å². The van der Waals surface area contributed by atoms with E-state index in [1.54, 1.807) is 18.2 Å². The molecule has 41 heavy (non-hydrogen) atoms. The van der Waals surface area contributed by atoms with Gasteiger partial charge in [-0.05, 0) is 24.8 Å². The van der Waals surface area contributed by atoms with Crippen LogP contribution >= 0.6 is 0 Å². The standard InChI is InChI=1S/C29H30N4O8/c34-23-14-13-20(30-27(38)25(36)19-10-5-2-6-11-19)28(39)33-22(12-7-15-32(23)33)26(37)31-21-16-24(35)41-29(21)40-17-18-8-3-1-4-9-18/h1-6,8-11,20-22,29H,7,12-17H2,(H,30,38)(H,31,37)/t20-,21-,22-,29?/m0/s1. The molecular formula is C29H30N4O8. The normalized spacial score (nSPS) is 24.2. The number of hydrazine groups is 1. The average Bonchev–Trinajstić information content (AvgIpc) is 3.30. The van der Waals surface area contributed by atoms with Crippen LogP contribution in [0, 0.1) is 0 Å². The highest BCUT2D eigenvalue weighted by Gasteiger charge is 2.46. The molecule has 3 aliphatic heterocycles. The zero-order valence-electron chi connectivity index (χ0n) is 22.2. The van der Waals surface area contributed by atoms with Gasteiger partial charge < -0.3 is 20.1 Å². The monoisotopic (exact) mass is 562 g/mol. The molecule has 3 aliphatic rings. The number of hydrogen-bond acceptors (Lipinski definition) is 8. The first-order valence-electron chi connectivity index (χ1n) is 13.5. The predicted octanol–water partition coefficient (Wildman–Crippen LogP) is 0.857. The molecule has 3 saturated heterocycles. The second kappa shape index (κ2) is 12.3. The topological polar surface area (TPSA) is 151 Å². The quantitative estimate of drug-likeness (QED) is 0.273. The molecular weight excluding hydrogens is 532 g/mol. The van der Waals surface area contributed by atoms with Gasteiger partial charge in [-0.15, -0.1) is 0 Å². The van der Waals surface area contributed by atoms with E-state index in [9.17, 15) is 28.8 Å². The lowest BCUT2D eigenvalue weighted by atomic mass is 10.0. The number of carbonyl (C=O) groups excluding carboxylic acids is 6. The molecule has 0 radical (unpaired) electrons. The minimum Gasteiger partial charge on any atom is -0.433 e. The van der Waals surface area contributed by atoms with Crippen molar-refractivity contribution in [2.24, 2.45) is 0 Å². The van der Waals surface area contributed by atoms with Crippen molar-refractivity contribution >= 4 is 35.4 Å². The summed E-state index contributed by atoms with van der Waals surface area (Å²) in [5, 5.41) is 7.55. The first kappa shape index (κ1) is 28.0. The third-order valence-electron chi connectivity index (χ3n) is 7.26. The van der Waals surface area contributed by atoms with Crippen LogP contribution in [0.1, 0.15) is 48.0 Å². The van der Waals surface area contributed by atoms with Crippen LogP contribution in [-0.2, 0) is 40.1 Å². The number of cyclic esters (lactones) is 1. The van der Waals surface area contributed by atoms with Crippen LogP contribution in [0.2, 0.25) is 0 Å². The summed E-state index contributed by atoms with van der Waals surface area (Å²) in [6.07, 6.45) is -0.500. The summed E-state index contributed by atoms with van der Waals surface area (Å²) in [6.45, 7) is 0.385. The molecule has 5 rings (SSSR count). The van der Waals surface area contributed by atoms with E-state index in [1.165, 1.54) is 17.1 Å². The Kier molecular flexibility index (Phi) is 8.39. The van der Waals surface area contributed by atoms with Gasteiger partial charge in [0.25, 0.3) is 11.8 Å². The number of benzene rings is 2. The third kappa shape index (κ3) is 6.27. The minimum atomic E-state index is -1.18. The fourth-order valence-corrected chi connectivity index (χ4v) is 5.19. The maximum absolute atomic E-state index is 13.7. The zero-order chi connectivity index (χ0) is 28.9. The summed E-state index contributed by atoms with van der Waals surface area (Å²) < 4.78 is 11.0. The van der Waals surface area contributed by atoms with Crippen molar-refractivity contribution in [2.45, 2.75) is 63.1 Å². The van der Waals surface area contributed by atoms with Crippen molar-refractivity contribution in [3.05, 3.63) is 71.8 Å². The molecule has 3 fully saturated rings. The van der Waals surface area contributed by atoms with Crippen molar-refractivity contribution in [1.82, 2.24) is 20.7 Å². The molecule has 0 aromatic heterocycles. The van der Waals surface area contributed by atoms with E-state index in [1.807, 2.05) is 30.3 Å². The average molecular weight is 563 g/mol. The summed E-state index contributed by atoms with van der Waals surface area (Å²) in [4.78, 5) is 77.5. The van der Waals surface area contributed by atoms with Crippen molar-refractivity contribution in [1.29, 1.82) is 0 Å². The lowest BCUT2D eigenvalue weighted by molar-refractivity contribution is -0.178. The fraction of sp³-hybridized carbons (Fsp3) is 0.379. The predicted molar refractivity (Wildman–Crippen MR) is 141 cm³/mol. The van der Waals surface area contributed by atoms with E-state index >= 15 is 0 Å². The summed E-state index contributed by atoms with van der Waals surface area (Å²) >= 11 is 0. The van der Waals surface area contributed by atoms with Gasteiger partial charge in [0.1, 0.15) is 18.1 Å². The first-order chi connectivity index (χ1) is 19.8. The largest absolute Gasteiger partial charge is 0.433 e. The van der Waals surface area contributed by atoms with Gasteiger partial charge in [-0.2, -0.15) is 0 Å². The molecule has 1 unspecified atom stereocenters. The lowest BCUT2D eigenvalue weighted by Crippen LogP contribution is -2.64. The van der Waals surface area contributed by atoms with Gasteiger partial charge in [-0.3, -0.25) is 33.8 Å². The van der Waals surface area contributed by atoms with Gasteiger partial charge in [-0.25, -0.2) is 5.01 Å². The van der Waals surface area contributed by atoms with Crippen LogP contribution in [0.3, 0.4) is 0 Å². The highest BCUT2D eigenvalue weighted by molar-refractivity contribution is 6.43. The number of amides is 4. The van der Waals surface area contributed by atoms with Crippen molar-refractivity contribution in [3.63, 3.8) is 0 Å². The van der Waals surface area contributed by atoms with Crippen molar-refractivity contribution in [3.8, 4) is 0 Å². The number of carbonyl (C=O) groups is 6. The maximum Gasteiger partial charge on any atom is 0.310 e. The second-order valence-electron chi connectivity index (χ2n) is 10.1. The van der Waals surface area contributed by atoms with Crippen LogP contribution in [0.4, 0.5) is 0 Å². The highest BCUT2D eigenvalue weighted by Crippen LogP contribution is 2.26. The van der Waals surface area contributed by atoms with Gasteiger partial charge in [0.2, 0.25) is 23.9 Å². The SMILES string of the molecule is O=C1C[C@H](NC(=O)[C@@H]2CCCN3C(=O)CC[C@H](NC(=O)C(=O)c4ccccc4)C(=O)N23)C(OCc2ccccc2)O1. The number of ketones is 1. The summed E-state index contributed by atoms with van der Waals surface area (Å²) in [5.74, 6) is -3.95. The Labute approximate surface area is 235 Å². The molecule has 4 amide bonds.